The van der Waals surface area contributed by atoms with Crippen molar-refractivity contribution in [1.82, 2.24) is 4.98 Å². The zero-order valence-electron chi connectivity index (χ0n) is 12.7. The molecule has 112 valence electrons. The highest BCUT2D eigenvalue weighted by atomic mass is 32.1. The van der Waals surface area contributed by atoms with Gasteiger partial charge in [-0.25, -0.2) is 4.98 Å². The van der Waals surface area contributed by atoms with Gasteiger partial charge in [0.25, 0.3) is 0 Å². The maximum absolute atomic E-state index is 5.98. The van der Waals surface area contributed by atoms with Gasteiger partial charge in [0.1, 0.15) is 10.6 Å². The quantitative estimate of drug-likeness (QED) is 0.927. The number of hydrogen-bond acceptors (Lipinski definition) is 4. The molecule has 3 nitrogen and oxygen atoms in total. The Kier molecular flexibility index (Phi) is 4.16. The summed E-state index contributed by atoms with van der Waals surface area (Å²) in [5.41, 5.74) is 7.09. The van der Waals surface area contributed by atoms with Crippen LogP contribution in [0, 0.1) is 5.92 Å². The smallest absolute Gasteiger partial charge is 0.125 e. The van der Waals surface area contributed by atoms with Gasteiger partial charge in [-0.05, 0) is 50.9 Å². The molecule has 2 N–H and O–H groups in total. The molecule has 20 heavy (non-hydrogen) atoms. The lowest BCUT2D eigenvalue weighted by atomic mass is 9.79. The van der Waals surface area contributed by atoms with Crippen LogP contribution in [-0.4, -0.2) is 18.6 Å². The average molecular weight is 294 g/mol. The molecule has 1 aromatic heterocycles. The minimum atomic E-state index is -0.117. The van der Waals surface area contributed by atoms with Gasteiger partial charge in [-0.2, -0.15) is 0 Å². The summed E-state index contributed by atoms with van der Waals surface area (Å²) in [6.07, 6.45) is 8.36. The lowest BCUT2D eigenvalue weighted by Gasteiger charge is -2.36. The molecule has 1 fully saturated rings. The molecule has 0 radical (unpaired) electrons. The lowest BCUT2D eigenvalue weighted by Crippen LogP contribution is -2.33. The molecule has 1 atom stereocenters. The van der Waals surface area contributed by atoms with Gasteiger partial charge in [-0.3, -0.25) is 0 Å². The van der Waals surface area contributed by atoms with E-state index in [0.717, 1.165) is 25.3 Å². The van der Waals surface area contributed by atoms with Crippen LogP contribution in [0.5, 0.6) is 0 Å². The molecular formula is C16H26N2OS. The number of nitrogens with zero attached hydrogens (tertiary/aromatic N) is 1. The van der Waals surface area contributed by atoms with E-state index < -0.39 is 0 Å². The standard InChI is InChI=1S/C16H26N2OS/c1-11-6-8-16(19-2,9-7-11)15-18-14-12(10-17)4-3-5-13(14)20-15/h11-12H,3-10,17H2,1-2H3. The molecule has 2 aliphatic rings. The van der Waals surface area contributed by atoms with Crippen LogP contribution in [0.4, 0.5) is 0 Å². The number of thiazole rings is 1. The van der Waals surface area contributed by atoms with Gasteiger partial charge in [0.15, 0.2) is 0 Å². The molecule has 0 bridgehead atoms. The Hall–Kier alpha value is -0.450. The summed E-state index contributed by atoms with van der Waals surface area (Å²) in [5.74, 6) is 1.30. The number of nitrogens with two attached hydrogens (primary N) is 1. The van der Waals surface area contributed by atoms with E-state index in [9.17, 15) is 0 Å². The number of fused-ring (bicyclic) bond motifs is 1. The first kappa shape index (κ1) is 14.5. The van der Waals surface area contributed by atoms with E-state index in [1.165, 1.54) is 47.7 Å². The maximum Gasteiger partial charge on any atom is 0.125 e. The zero-order valence-corrected chi connectivity index (χ0v) is 13.5. The normalized spacial score (nSPS) is 34.0. The number of hydrogen-bond donors (Lipinski definition) is 1. The van der Waals surface area contributed by atoms with Gasteiger partial charge in [0.05, 0.1) is 5.69 Å². The molecule has 3 rings (SSSR count). The van der Waals surface area contributed by atoms with Crippen molar-refractivity contribution in [2.75, 3.05) is 13.7 Å². The van der Waals surface area contributed by atoms with E-state index >= 15 is 0 Å². The van der Waals surface area contributed by atoms with E-state index in [2.05, 4.69) is 6.92 Å². The SMILES string of the molecule is COC1(c2nc3c(s2)CCCC3CN)CCC(C)CC1. The van der Waals surface area contributed by atoms with Crippen molar-refractivity contribution in [2.24, 2.45) is 11.7 Å². The minimum absolute atomic E-state index is 0.117. The highest BCUT2D eigenvalue weighted by Crippen LogP contribution is 2.46. The molecule has 1 aromatic rings. The molecular weight excluding hydrogens is 268 g/mol. The van der Waals surface area contributed by atoms with Gasteiger partial charge in [0.2, 0.25) is 0 Å². The number of aromatic nitrogens is 1. The summed E-state index contributed by atoms with van der Waals surface area (Å²) in [7, 11) is 1.86. The van der Waals surface area contributed by atoms with E-state index in [-0.39, 0.29) is 5.60 Å². The molecule has 1 saturated carbocycles. The van der Waals surface area contributed by atoms with Crippen LogP contribution >= 0.6 is 11.3 Å². The first-order valence-electron chi connectivity index (χ1n) is 7.94. The molecule has 2 aliphatic carbocycles. The predicted molar refractivity (Wildman–Crippen MR) is 83.2 cm³/mol. The summed E-state index contributed by atoms with van der Waals surface area (Å²) in [5, 5.41) is 1.22. The highest BCUT2D eigenvalue weighted by Gasteiger charge is 2.40. The fraction of sp³-hybridized carbons (Fsp3) is 0.812. The van der Waals surface area contributed by atoms with E-state index in [4.69, 9.17) is 15.5 Å². The highest BCUT2D eigenvalue weighted by molar-refractivity contribution is 7.11. The topological polar surface area (TPSA) is 48.1 Å². The van der Waals surface area contributed by atoms with Crippen LogP contribution in [0.15, 0.2) is 0 Å². The third-order valence-corrected chi connectivity index (χ3v) is 6.53. The second kappa shape index (κ2) is 5.74. The molecule has 0 saturated heterocycles. The Balaban J connectivity index is 1.91. The molecule has 0 aliphatic heterocycles. The largest absolute Gasteiger partial charge is 0.371 e. The second-order valence-corrected chi connectivity index (χ2v) is 7.62. The van der Waals surface area contributed by atoms with Crippen molar-refractivity contribution in [3.8, 4) is 0 Å². The molecule has 4 heteroatoms. The third kappa shape index (κ3) is 2.42. The number of rotatable bonds is 3. The van der Waals surface area contributed by atoms with Crippen LogP contribution in [0.2, 0.25) is 0 Å². The summed E-state index contributed by atoms with van der Waals surface area (Å²) in [6.45, 7) is 3.07. The Bertz CT molecular complexity index is 463. The Morgan fingerprint density at radius 3 is 2.75 bits per heavy atom. The van der Waals surface area contributed by atoms with Crippen molar-refractivity contribution in [3.05, 3.63) is 15.6 Å². The van der Waals surface area contributed by atoms with E-state index in [1.807, 2.05) is 18.4 Å². The van der Waals surface area contributed by atoms with E-state index in [1.54, 1.807) is 0 Å². The van der Waals surface area contributed by atoms with Crippen molar-refractivity contribution in [1.29, 1.82) is 0 Å². The number of aryl methyl sites for hydroxylation is 1. The zero-order chi connectivity index (χ0) is 14.2. The number of ether oxygens (including phenoxy) is 1. The van der Waals surface area contributed by atoms with Crippen LogP contribution in [0.1, 0.15) is 66.9 Å². The van der Waals surface area contributed by atoms with Gasteiger partial charge in [-0.1, -0.05) is 6.92 Å². The monoisotopic (exact) mass is 294 g/mol. The molecule has 1 unspecified atom stereocenters. The van der Waals surface area contributed by atoms with Crippen LogP contribution in [0.3, 0.4) is 0 Å². The predicted octanol–water partition coefficient (Wildman–Crippen LogP) is 3.57. The summed E-state index contributed by atoms with van der Waals surface area (Å²) < 4.78 is 5.98. The van der Waals surface area contributed by atoms with Gasteiger partial charge in [0, 0.05) is 24.4 Å². The summed E-state index contributed by atoms with van der Waals surface area (Å²) in [6, 6.07) is 0. The van der Waals surface area contributed by atoms with Crippen LogP contribution < -0.4 is 5.73 Å². The second-order valence-electron chi connectivity index (χ2n) is 6.53. The van der Waals surface area contributed by atoms with Crippen molar-refractivity contribution in [2.45, 2.75) is 63.4 Å². The molecule has 0 spiro atoms. The third-order valence-electron chi connectivity index (χ3n) is 5.22. The van der Waals surface area contributed by atoms with Gasteiger partial charge < -0.3 is 10.5 Å². The van der Waals surface area contributed by atoms with Crippen LogP contribution in [0.25, 0.3) is 0 Å². The summed E-state index contributed by atoms with van der Waals surface area (Å²) in [4.78, 5) is 6.48. The van der Waals surface area contributed by atoms with Crippen molar-refractivity contribution < 1.29 is 4.74 Å². The number of methoxy groups -OCH3 is 1. The van der Waals surface area contributed by atoms with Crippen molar-refractivity contribution >= 4 is 11.3 Å². The van der Waals surface area contributed by atoms with Gasteiger partial charge >= 0.3 is 0 Å². The Morgan fingerprint density at radius 2 is 2.10 bits per heavy atom. The van der Waals surface area contributed by atoms with Crippen LogP contribution in [-0.2, 0) is 16.8 Å². The molecule has 0 amide bonds. The summed E-state index contributed by atoms with van der Waals surface area (Å²) >= 11 is 1.89. The first-order valence-corrected chi connectivity index (χ1v) is 8.75. The fourth-order valence-corrected chi connectivity index (χ4v) is 5.08. The Labute approximate surface area is 125 Å². The van der Waals surface area contributed by atoms with Crippen molar-refractivity contribution in [3.63, 3.8) is 0 Å². The Morgan fingerprint density at radius 1 is 1.35 bits per heavy atom. The van der Waals surface area contributed by atoms with Gasteiger partial charge in [-0.15, -0.1) is 11.3 Å². The van der Waals surface area contributed by atoms with E-state index in [0.29, 0.717) is 5.92 Å². The maximum atomic E-state index is 5.98. The minimum Gasteiger partial charge on any atom is -0.371 e. The molecule has 0 aromatic carbocycles. The first-order chi connectivity index (χ1) is 9.68. The molecule has 1 heterocycles. The average Bonchev–Trinajstić information content (AvgIpc) is 2.93. The lowest BCUT2D eigenvalue weighted by molar-refractivity contribution is -0.0532. The fourth-order valence-electron chi connectivity index (χ4n) is 3.67.